The van der Waals surface area contributed by atoms with Crippen LogP contribution in [-0.2, 0) is 11.2 Å². The molecule has 0 fully saturated rings. The summed E-state index contributed by atoms with van der Waals surface area (Å²) >= 11 is 0. The summed E-state index contributed by atoms with van der Waals surface area (Å²) < 4.78 is 0. The summed E-state index contributed by atoms with van der Waals surface area (Å²) in [4.78, 5) is 27.9. The van der Waals surface area contributed by atoms with E-state index in [2.05, 4.69) is 20.0 Å². The smallest absolute Gasteiger partial charge is 0.279 e. The van der Waals surface area contributed by atoms with Crippen LogP contribution in [0.3, 0.4) is 0 Å². The largest absolute Gasteiger partial charge is 0.348 e. The van der Waals surface area contributed by atoms with Crippen molar-refractivity contribution in [3.8, 4) is 0 Å². The summed E-state index contributed by atoms with van der Waals surface area (Å²) in [6, 6.07) is 5.91. The molecule has 0 radical (unpaired) electrons. The average molecular weight is 276 g/mol. The molecular formula is C16H12N4O. The first-order valence-corrected chi connectivity index (χ1v) is 6.73. The fourth-order valence-electron chi connectivity index (χ4n) is 2.75. The van der Waals surface area contributed by atoms with Gasteiger partial charge in [-0.15, -0.1) is 0 Å². The number of nitrogens with zero attached hydrogens (tertiary/aromatic N) is 3. The van der Waals surface area contributed by atoms with Crippen LogP contribution in [0, 0.1) is 6.92 Å². The molecule has 0 saturated heterocycles. The normalized spacial score (nSPS) is 15.6. The maximum Gasteiger partial charge on any atom is 0.279 e. The second-order valence-electron chi connectivity index (χ2n) is 5.08. The number of imidazole rings is 1. The highest BCUT2D eigenvalue weighted by Gasteiger charge is 2.23. The van der Waals surface area contributed by atoms with Crippen LogP contribution >= 0.6 is 0 Å². The van der Waals surface area contributed by atoms with Crippen molar-refractivity contribution in [2.75, 3.05) is 0 Å². The summed E-state index contributed by atoms with van der Waals surface area (Å²) in [6.07, 6.45) is 5.64. The molecule has 0 unspecified atom stereocenters. The first-order chi connectivity index (χ1) is 10.2. The van der Waals surface area contributed by atoms with Crippen LogP contribution in [-0.4, -0.2) is 22.1 Å². The molecule has 1 amide bonds. The van der Waals surface area contributed by atoms with Crippen molar-refractivity contribution in [3.05, 3.63) is 63.8 Å². The van der Waals surface area contributed by atoms with E-state index >= 15 is 0 Å². The number of hydrogen-bond acceptors (Lipinski definition) is 3. The minimum Gasteiger partial charge on any atom is -0.348 e. The molecule has 1 aromatic heterocycles. The lowest BCUT2D eigenvalue weighted by Gasteiger charge is -2.05. The van der Waals surface area contributed by atoms with E-state index in [1.807, 2.05) is 25.1 Å². The number of hydrogen-bond donors (Lipinski definition) is 1. The van der Waals surface area contributed by atoms with Gasteiger partial charge < -0.3 is 4.98 Å². The number of benzene rings is 1. The van der Waals surface area contributed by atoms with Crippen LogP contribution in [0.15, 0.2) is 46.3 Å². The van der Waals surface area contributed by atoms with Crippen molar-refractivity contribution in [2.45, 2.75) is 13.3 Å². The maximum atomic E-state index is 12.1. The molecule has 0 spiro atoms. The van der Waals surface area contributed by atoms with E-state index in [0.29, 0.717) is 17.7 Å². The van der Waals surface area contributed by atoms with Crippen molar-refractivity contribution in [1.82, 2.24) is 9.97 Å². The van der Waals surface area contributed by atoms with E-state index < -0.39 is 0 Å². The number of carbonyl (C=O) groups excluding carboxylic acids is 1. The van der Waals surface area contributed by atoms with E-state index in [-0.39, 0.29) is 5.91 Å². The lowest BCUT2D eigenvalue weighted by molar-refractivity contribution is -0.112. The number of dihydropyridines is 1. The molecule has 0 saturated carbocycles. The van der Waals surface area contributed by atoms with Gasteiger partial charge in [-0.25, -0.2) is 15.0 Å². The Balaban J connectivity index is 1.97. The summed E-state index contributed by atoms with van der Waals surface area (Å²) in [6.45, 7) is 1.99. The molecule has 21 heavy (non-hydrogen) atoms. The number of rotatable bonds is 2. The third-order valence-electron chi connectivity index (χ3n) is 3.81. The third kappa shape index (κ3) is 1.78. The van der Waals surface area contributed by atoms with Crippen molar-refractivity contribution in [2.24, 2.45) is 9.98 Å². The minimum absolute atomic E-state index is 0.221. The van der Waals surface area contributed by atoms with E-state index in [1.54, 1.807) is 12.4 Å². The zero-order chi connectivity index (χ0) is 14.4. The molecule has 3 heterocycles. The number of aryl methyl sites for hydroxylation is 1. The molecule has 0 bridgehead atoms. The SMILES string of the molecule is Cc1[nH]cnc1Cc1cccc2c1=C1C(=O)N=CC=C1N=2. The second kappa shape index (κ2) is 4.34. The molecule has 1 aromatic carbocycles. The highest BCUT2D eigenvalue weighted by Crippen LogP contribution is 2.19. The molecule has 5 nitrogen and oxygen atoms in total. The van der Waals surface area contributed by atoms with Crippen LogP contribution in [0.2, 0.25) is 0 Å². The van der Waals surface area contributed by atoms with Gasteiger partial charge in [-0.05, 0) is 24.6 Å². The van der Waals surface area contributed by atoms with Crippen molar-refractivity contribution in [1.29, 1.82) is 0 Å². The number of H-pyrrole nitrogens is 1. The fraction of sp³-hybridized carbons (Fsp3) is 0.125. The van der Waals surface area contributed by atoms with Gasteiger partial charge in [0.25, 0.3) is 5.91 Å². The number of allylic oxidation sites excluding steroid dienone is 1. The molecule has 0 aliphatic carbocycles. The maximum absolute atomic E-state index is 12.1. The summed E-state index contributed by atoms with van der Waals surface area (Å²) in [5.41, 5.74) is 4.38. The summed E-state index contributed by atoms with van der Waals surface area (Å²) in [7, 11) is 0. The summed E-state index contributed by atoms with van der Waals surface area (Å²) in [5.74, 6) is -0.221. The standard InChI is InChI=1S/C16H12N4O/c1-9-13(19-8-18-9)7-10-3-2-4-11-14(10)15-12(20-11)5-6-17-16(15)21/h2-6,8H,7H2,1H3,(H,18,19). The topological polar surface area (TPSA) is 70.5 Å². The average Bonchev–Trinajstić information content (AvgIpc) is 3.04. The lowest BCUT2D eigenvalue weighted by atomic mass is 10.0. The van der Waals surface area contributed by atoms with Gasteiger partial charge in [0.1, 0.15) is 0 Å². The third-order valence-corrected chi connectivity index (χ3v) is 3.81. The molecule has 2 aliphatic rings. The van der Waals surface area contributed by atoms with E-state index in [1.165, 1.54) is 6.21 Å². The van der Waals surface area contributed by atoms with Crippen LogP contribution < -0.4 is 10.6 Å². The predicted molar refractivity (Wildman–Crippen MR) is 78.3 cm³/mol. The number of carbonyl (C=O) groups is 1. The Morgan fingerprint density at radius 3 is 3.00 bits per heavy atom. The van der Waals surface area contributed by atoms with Crippen molar-refractivity contribution < 1.29 is 4.79 Å². The highest BCUT2D eigenvalue weighted by molar-refractivity contribution is 6.24. The summed E-state index contributed by atoms with van der Waals surface area (Å²) in [5, 5.41) is 1.73. The Bertz CT molecular complexity index is 947. The van der Waals surface area contributed by atoms with Crippen LogP contribution in [0.4, 0.5) is 0 Å². The minimum atomic E-state index is -0.221. The Hall–Kier alpha value is -2.82. The van der Waals surface area contributed by atoms with Gasteiger partial charge in [-0.1, -0.05) is 12.1 Å². The van der Waals surface area contributed by atoms with Gasteiger partial charge in [0, 0.05) is 23.5 Å². The molecule has 102 valence electrons. The quantitative estimate of drug-likeness (QED) is 0.872. The fourth-order valence-corrected chi connectivity index (χ4v) is 2.75. The monoisotopic (exact) mass is 276 g/mol. The van der Waals surface area contributed by atoms with Gasteiger partial charge >= 0.3 is 0 Å². The molecule has 5 heteroatoms. The van der Waals surface area contributed by atoms with Gasteiger partial charge in [0.05, 0.1) is 28.6 Å². The van der Waals surface area contributed by atoms with E-state index in [4.69, 9.17) is 0 Å². The lowest BCUT2D eigenvalue weighted by Crippen LogP contribution is -2.29. The Morgan fingerprint density at radius 2 is 2.19 bits per heavy atom. The highest BCUT2D eigenvalue weighted by atomic mass is 16.1. The number of amides is 1. The van der Waals surface area contributed by atoms with Crippen LogP contribution in [0.25, 0.3) is 5.57 Å². The second-order valence-corrected chi connectivity index (χ2v) is 5.08. The van der Waals surface area contributed by atoms with E-state index in [0.717, 1.165) is 27.5 Å². The molecule has 4 rings (SSSR count). The Kier molecular flexibility index (Phi) is 2.47. The van der Waals surface area contributed by atoms with Gasteiger partial charge in [-0.2, -0.15) is 0 Å². The van der Waals surface area contributed by atoms with Crippen molar-refractivity contribution in [3.63, 3.8) is 0 Å². The molecule has 2 aromatic rings. The van der Waals surface area contributed by atoms with Gasteiger partial charge in [-0.3, -0.25) is 4.79 Å². The Morgan fingerprint density at radius 1 is 1.29 bits per heavy atom. The number of aromatic nitrogens is 2. The van der Waals surface area contributed by atoms with Crippen molar-refractivity contribution >= 4 is 17.7 Å². The molecule has 1 N–H and O–H groups in total. The van der Waals surface area contributed by atoms with Crippen LogP contribution in [0.5, 0.6) is 0 Å². The zero-order valence-electron chi connectivity index (χ0n) is 11.4. The number of nitrogens with one attached hydrogen (secondary N) is 1. The van der Waals surface area contributed by atoms with E-state index in [9.17, 15) is 4.79 Å². The zero-order valence-corrected chi connectivity index (χ0v) is 11.4. The number of aliphatic imine (C=N–C) groups is 1. The van der Waals surface area contributed by atoms with Gasteiger partial charge in [0.15, 0.2) is 0 Å². The number of fused-ring (bicyclic) bond motifs is 2. The molecule has 0 atom stereocenters. The predicted octanol–water partition coefficient (Wildman–Crippen LogP) is 0.588. The Labute approximate surface area is 120 Å². The first kappa shape index (κ1) is 12.0. The molecular weight excluding hydrogens is 264 g/mol. The number of aromatic amines is 1. The van der Waals surface area contributed by atoms with Gasteiger partial charge in [0.2, 0.25) is 0 Å². The first-order valence-electron chi connectivity index (χ1n) is 6.73. The van der Waals surface area contributed by atoms with Crippen LogP contribution in [0.1, 0.15) is 17.0 Å². The molecule has 2 aliphatic heterocycles.